The minimum absolute atomic E-state index is 0.269. The van der Waals surface area contributed by atoms with Crippen LogP contribution < -0.4 is 4.74 Å². The number of carbonyl (C=O) groups is 1. The molecule has 0 aliphatic carbocycles. The fourth-order valence-electron chi connectivity index (χ4n) is 1.45. The second-order valence-electron chi connectivity index (χ2n) is 3.64. The van der Waals surface area contributed by atoms with Crippen LogP contribution in [0.3, 0.4) is 0 Å². The summed E-state index contributed by atoms with van der Waals surface area (Å²) in [5.41, 5.74) is 0.907. The van der Waals surface area contributed by atoms with E-state index in [9.17, 15) is 4.79 Å². The van der Waals surface area contributed by atoms with Crippen LogP contribution in [0.5, 0.6) is 11.5 Å². The molecule has 2 nitrogen and oxygen atoms in total. The summed E-state index contributed by atoms with van der Waals surface area (Å²) in [6.45, 7) is 0. The Labute approximate surface area is 122 Å². The van der Waals surface area contributed by atoms with Gasteiger partial charge >= 0.3 is 0 Å². The maximum atomic E-state index is 10.6. The zero-order valence-corrected chi connectivity index (χ0v) is 12.5. The lowest BCUT2D eigenvalue weighted by Crippen LogP contribution is -1.91. The average Bonchev–Trinajstić information content (AvgIpc) is 2.41. The number of carbonyl (C=O) groups excluding carboxylic acids is 1. The Kier molecular flexibility index (Phi) is 4.55. The van der Waals surface area contributed by atoms with Crippen molar-refractivity contribution in [3.8, 4) is 11.5 Å². The third-order valence-corrected chi connectivity index (χ3v) is 3.78. The Balaban J connectivity index is 2.16. The quantitative estimate of drug-likeness (QED) is 0.567. The fourth-order valence-corrected chi connectivity index (χ4v) is 2.12. The lowest BCUT2D eigenvalue weighted by molar-refractivity contribution is -0.107. The van der Waals surface area contributed by atoms with Gasteiger partial charge in [0.2, 0.25) is 0 Å². The highest BCUT2D eigenvalue weighted by Gasteiger charge is 2.06. The van der Waals surface area contributed by atoms with Crippen molar-refractivity contribution in [1.82, 2.24) is 0 Å². The van der Waals surface area contributed by atoms with Gasteiger partial charge in [-0.05, 0) is 45.8 Å². The molecule has 0 aromatic heterocycles. The molecule has 0 heterocycles. The summed E-state index contributed by atoms with van der Waals surface area (Å²) < 4.78 is 6.63. The van der Waals surface area contributed by atoms with Crippen LogP contribution in [0, 0.1) is 0 Å². The van der Waals surface area contributed by atoms with Gasteiger partial charge in [0, 0.05) is 0 Å². The van der Waals surface area contributed by atoms with E-state index in [-0.39, 0.29) is 4.83 Å². The number of benzene rings is 2. The van der Waals surface area contributed by atoms with Gasteiger partial charge in [-0.25, -0.2) is 0 Å². The van der Waals surface area contributed by atoms with Crippen LogP contribution in [0.1, 0.15) is 10.4 Å². The maximum Gasteiger partial charge on any atom is 0.141 e. The van der Waals surface area contributed by atoms with Crippen LogP contribution in [0.2, 0.25) is 0 Å². The summed E-state index contributed by atoms with van der Waals surface area (Å²) in [5, 5.41) is 0. The first-order valence-corrected chi connectivity index (χ1v) is 7.03. The summed E-state index contributed by atoms with van der Waals surface area (Å²) in [4.78, 5) is 10.4. The Hall–Kier alpha value is -1.13. The normalized spacial score (nSPS) is 11.9. The predicted molar refractivity (Wildman–Crippen MR) is 78.4 cm³/mol. The fraction of sp³-hybridized carbons (Fsp3) is 0.0714. The molecule has 2 aromatic rings. The molecule has 0 aliphatic rings. The number of ether oxygens (including phenoxy) is 1. The number of aldehydes is 1. The Morgan fingerprint density at radius 1 is 1.06 bits per heavy atom. The van der Waals surface area contributed by atoms with Gasteiger partial charge in [-0.1, -0.05) is 40.2 Å². The molecule has 2 rings (SSSR count). The standard InChI is InChI=1S/C14H10Br2O2/c15-12-3-1-2-4-14(12)18-11-7-5-10(6-8-11)13(16)9-17/h1-9,13H. The van der Waals surface area contributed by atoms with Crippen LogP contribution in [-0.2, 0) is 4.79 Å². The monoisotopic (exact) mass is 368 g/mol. The molecule has 0 N–H and O–H groups in total. The molecule has 0 amide bonds. The molecule has 4 heteroatoms. The van der Waals surface area contributed by atoms with E-state index in [1.807, 2.05) is 48.5 Å². The number of halogens is 2. The average molecular weight is 370 g/mol. The number of alkyl halides is 1. The SMILES string of the molecule is O=CC(Br)c1ccc(Oc2ccccc2Br)cc1. The highest BCUT2D eigenvalue weighted by Crippen LogP contribution is 2.30. The van der Waals surface area contributed by atoms with E-state index >= 15 is 0 Å². The molecule has 0 saturated carbocycles. The zero-order valence-electron chi connectivity index (χ0n) is 9.35. The van der Waals surface area contributed by atoms with Crippen molar-refractivity contribution >= 4 is 38.1 Å². The van der Waals surface area contributed by atoms with E-state index in [1.165, 1.54) is 0 Å². The Bertz CT molecular complexity index is 538. The van der Waals surface area contributed by atoms with Crippen LogP contribution in [0.15, 0.2) is 53.0 Å². The van der Waals surface area contributed by atoms with Crippen LogP contribution in [-0.4, -0.2) is 6.29 Å². The largest absolute Gasteiger partial charge is 0.456 e. The van der Waals surface area contributed by atoms with Gasteiger partial charge in [0.1, 0.15) is 17.8 Å². The first-order valence-electron chi connectivity index (χ1n) is 5.32. The molecule has 92 valence electrons. The first kappa shape index (κ1) is 13.3. The number of hydrogen-bond donors (Lipinski definition) is 0. The van der Waals surface area contributed by atoms with E-state index in [2.05, 4.69) is 31.9 Å². The molecular formula is C14H10Br2O2. The van der Waals surface area contributed by atoms with Gasteiger partial charge in [0.15, 0.2) is 0 Å². The van der Waals surface area contributed by atoms with E-state index in [4.69, 9.17) is 4.74 Å². The topological polar surface area (TPSA) is 26.3 Å². The number of para-hydroxylation sites is 1. The van der Waals surface area contributed by atoms with Crippen molar-refractivity contribution in [2.75, 3.05) is 0 Å². The highest BCUT2D eigenvalue weighted by molar-refractivity contribution is 9.10. The van der Waals surface area contributed by atoms with E-state index in [0.717, 1.165) is 27.8 Å². The number of rotatable bonds is 4. The van der Waals surface area contributed by atoms with Gasteiger partial charge in [0.25, 0.3) is 0 Å². The lowest BCUT2D eigenvalue weighted by Gasteiger charge is -2.08. The summed E-state index contributed by atoms with van der Waals surface area (Å²) in [5.74, 6) is 1.49. The predicted octanol–water partition coefficient (Wildman–Crippen LogP) is 4.88. The first-order chi connectivity index (χ1) is 8.70. The Morgan fingerprint density at radius 2 is 1.72 bits per heavy atom. The van der Waals surface area contributed by atoms with Gasteiger partial charge in [-0.15, -0.1) is 0 Å². The van der Waals surface area contributed by atoms with Crippen molar-refractivity contribution < 1.29 is 9.53 Å². The van der Waals surface area contributed by atoms with Gasteiger partial charge in [0.05, 0.1) is 9.30 Å². The van der Waals surface area contributed by atoms with Gasteiger partial charge < -0.3 is 9.53 Å². The molecule has 0 spiro atoms. The molecular weight excluding hydrogens is 360 g/mol. The summed E-state index contributed by atoms with van der Waals surface area (Å²) in [7, 11) is 0. The Morgan fingerprint density at radius 3 is 2.33 bits per heavy atom. The molecule has 0 fully saturated rings. The second-order valence-corrected chi connectivity index (χ2v) is 5.48. The van der Waals surface area contributed by atoms with Crippen LogP contribution in [0.4, 0.5) is 0 Å². The lowest BCUT2D eigenvalue weighted by atomic mass is 10.1. The zero-order chi connectivity index (χ0) is 13.0. The molecule has 0 saturated heterocycles. The smallest absolute Gasteiger partial charge is 0.141 e. The molecule has 1 atom stereocenters. The third-order valence-electron chi connectivity index (χ3n) is 2.38. The van der Waals surface area contributed by atoms with Crippen LogP contribution >= 0.6 is 31.9 Å². The second kappa shape index (κ2) is 6.16. The summed E-state index contributed by atoms with van der Waals surface area (Å²) in [6, 6.07) is 15.1. The van der Waals surface area contributed by atoms with Gasteiger partial charge in [-0.2, -0.15) is 0 Å². The van der Waals surface area contributed by atoms with Crippen molar-refractivity contribution in [3.05, 3.63) is 58.6 Å². The summed E-state index contributed by atoms with van der Waals surface area (Å²) >= 11 is 6.70. The molecule has 0 radical (unpaired) electrons. The van der Waals surface area contributed by atoms with Crippen molar-refractivity contribution in [2.24, 2.45) is 0 Å². The third kappa shape index (κ3) is 3.21. The molecule has 2 aromatic carbocycles. The highest BCUT2D eigenvalue weighted by atomic mass is 79.9. The van der Waals surface area contributed by atoms with E-state index in [1.54, 1.807) is 0 Å². The van der Waals surface area contributed by atoms with E-state index < -0.39 is 0 Å². The minimum atomic E-state index is -0.269. The maximum absolute atomic E-state index is 10.6. The van der Waals surface area contributed by atoms with Crippen molar-refractivity contribution in [3.63, 3.8) is 0 Å². The van der Waals surface area contributed by atoms with Crippen molar-refractivity contribution in [1.29, 1.82) is 0 Å². The van der Waals surface area contributed by atoms with E-state index in [0.29, 0.717) is 0 Å². The molecule has 1 unspecified atom stereocenters. The number of hydrogen-bond acceptors (Lipinski definition) is 2. The molecule has 18 heavy (non-hydrogen) atoms. The summed E-state index contributed by atoms with van der Waals surface area (Å²) in [6.07, 6.45) is 0.851. The van der Waals surface area contributed by atoms with Crippen molar-refractivity contribution in [2.45, 2.75) is 4.83 Å². The minimum Gasteiger partial charge on any atom is -0.456 e. The molecule has 0 aliphatic heterocycles. The molecule has 0 bridgehead atoms. The van der Waals surface area contributed by atoms with Crippen LogP contribution in [0.25, 0.3) is 0 Å². The van der Waals surface area contributed by atoms with Gasteiger partial charge in [-0.3, -0.25) is 0 Å².